The molecule has 2 heterocycles. The Hall–Kier alpha value is -3.74. The van der Waals surface area contributed by atoms with Gasteiger partial charge in [-0.25, -0.2) is 14.5 Å². The van der Waals surface area contributed by atoms with Gasteiger partial charge in [0.15, 0.2) is 0 Å². The fourth-order valence-corrected chi connectivity index (χ4v) is 3.06. The lowest BCUT2D eigenvalue weighted by atomic mass is 9.99. The van der Waals surface area contributed by atoms with Gasteiger partial charge < -0.3 is 4.74 Å². The minimum atomic E-state index is -0.472. The molecule has 0 atom stereocenters. The maximum absolute atomic E-state index is 12.7. The monoisotopic (exact) mass is 374 g/mol. The van der Waals surface area contributed by atoms with E-state index in [1.54, 1.807) is 6.92 Å². The molecule has 0 unspecified atom stereocenters. The van der Waals surface area contributed by atoms with Gasteiger partial charge >= 0.3 is 5.97 Å². The van der Waals surface area contributed by atoms with Crippen LogP contribution in [0.2, 0.25) is 0 Å². The van der Waals surface area contributed by atoms with Crippen LogP contribution < -0.4 is 5.56 Å². The smallest absolute Gasteiger partial charge is 0.341 e. The fraction of sp³-hybridized carbons (Fsp3) is 0.143. The summed E-state index contributed by atoms with van der Waals surface area (Å²) in [4.78, 5) is 31.7. The summed E-state index contributed by atoms with van der Waals surface area (Å²) in [5, 5.41) is 4.59. The average molecular weight is 374 g/mol. The van der Waals surface area contributed by atoms with E-state index in [1.807, 2.05) is 49.4 Å². The summed E-state index contributed by atoms with van der Waals surface area (Å²) in [6.07, 6.45) is 2.85. The minimum Gasteiger partial charge on any atom is -0.462 e. The third-order valence-electron chi connectivity index (χ3n) is 4.46. The predicted octanol–water partition coefficient (Wildman–Crippen LogP) is 3.26. The van der Waals surface area contributed by atoms with Crippen molar-refractivity contribution in [3.63, 3.8) is 0 Å². The van der Waals surface area contributed by atoms with Crippen LogP contribution in [-0.4, -0.2) is 32.3 Å². The van der Waals surface area contributed by atoms with E-state index in [1.165, 1.54) is 17.1 Å². The molecule has 0 radical (unpaired) electrons. The molecule has 7 heteroatoms. The third kappa shape index (κ3) is 3.18. The third-order valence-corrected chi connectivity index (χ3v) is 4.46. The van der Waals surface area contributed by atoms with Crippen molar-refractivity contribution in [2.45, 2.75) is 13.8 Å². The largest absolute Gasteiger partial charge is 0.462 e. The molecule has 2 aromatic heterocycles. The number of benzene rings is 2. The molecule has 1 N–H and O–H groups in total. The SMILES string of the molecule is CCOC(=O)c1cnn(-c2nc3ccc(-c4ccccc4C)cc3c(=O)[nH]2)c1. The van der Waals surface area contributed by atoms with Gasteiger partial charge in [0.05, 0.1) is 29.3 Å². The Morgan fingerprint density at radius 1 is 1.21 bits per heavy atom. The van der Waals surface area contributed by atoms with Gasteiger partial charge in [0, 0.05) is 6.20 Å². The number of hydrogen-bond acceptors (Lipinski definition) is 5. The number of aromatic nitrogens is 4. The van der Waals surface area contributed by atoms with Crippen molar-refractivity contribution in [2.75, 3.05) is 6.61 Å². The van der Waals surface area contributed by atoms with Gasteiger partial charge in [0.25, 0.3) is 5.56 Å². The summed E-state index contributed by atoms with van der Waals surface area (Å²) in [7, 11) is 0. The molecular formula is C21H18N4O3. The van der Waals surface area contributed by atoms with E-state index < -0.39 is 5.97 Å². The van der Waals surface area contributed by atoms with Gasteiger partial charge in [-0.1, -0.05) is 30.3 Å². The average Bonchev–Trinajstić information content (AvgIpc) is 3.19. The molecule has 4 rings (SSSR count). The molecule has 0 saturated carbocycles. The zero-order valence-electron chi connectivity index (χ0n) is 15.5. The maximum atomic E-state index is 12.7. The highest BCUT2D eigenvalue weighted by molar-refractivity contribution is 5.89. The number of H-pyrrole nitrogens is 1. The first-order chi connectivity index (χ1) is 13.6. The minimum absolute atomic E-state index is 0.233. The van der Waals surface area contributed by atoms with E-state index in [2.05, 4.69) is 15.1 Å². The van der Waals surface area contributed by atoms with Gasteiger partial charge in [-0.15, -0.1) is 0 Å². The number of esters is 1. The van der Waals surface area contributed by atoms with Crippen molar-refractivity contribution < 1.29 is 9.53 Å². The normalized spacial score (nSPS) is 10.9. The highest BCUT2D eigenvalue weighted by atomic mass is 16.5. The van der Waals surface area contributed by atoms with Crippen LogP contribution in [-0.2, 0) is 4.74 Å². The lowest BCUT2D eigenvalue weighted by molar-refractivity contribution is 0.0526. The quantitative estimate of drug-likeness (QED) is 0.554. The first kappa shape index (κ1) is 17.7. The summed E-state index contributed by atoms with van der Waals surface area (Å²) in [5.41, 5.74) is 3.71. The van der Waals surface area contributed by atoms with Gasteiger partial charge in [-0.05, 0) is 42.7 Å². The summed E-state index contributed by atoms with van der Waals surface area (Å²) in [6.45, 7) is 4.04. The lowest BCUT2D eigenvalue weighted by Gasteiger charge is -2.08. The van der Waals surface area contributed by atoms with Crippen molar-refractivity contribution >= 4 is 16.9 Å². The molecule has 0 aliphatic carbocycles. The van der Waals surface area contributed by atoms with Crippen molar-refractivity contribution in [1.29, 1.82) is 0 Å². The number of rotatable bonds is 4. The van der Waals surface area contributed by atoms with E-state index in [4.69, 9.17) is 4.74 Å². The molecule has 28 heavy (non-hydrogen) atoms. The van der Waals surface area contributed by atoms with Gasteiger partial charge in [-0.2, -0.15) is 5.10 Å². The van der Waals surface area contributed by atoms with Crippen LogP contribution in [0.5, 0.6) is 0 Å². The molecule has 2 aromatic carbocycles. The van der Waals surface area contributed by atoms with E-state index in [0.29, 0.717) is 16.5 Å². The number of nitrogens with one attached hydrogen (secondary N) is 1. The summed E-state index contributed by atoms with van der Waals surface area (Å²) in [5.74, 6) is -0.239. The number of carbonyl (C=O) groups is 1. The molecule has 0 aliphatic rings. The standard InChI is InChI=1S/C21H18N4O3/c1-3-28-20(27)15-11-22-25(12-15)21-23-18-9-8-14(10-17(18)19(26)24-21)16-7-5-4-6-13(16)2/h4-12H,3H2,1-2H3,(H,23,24,26). The summed E-state index contributed by atoms with van der Waals surface area (Å²) in [6, 6.07) is 13.6. The predicted molar refractivity (Wildman–Crippen MR) is 106 cm³/mol. The number of nitrogens with zero attached hydrogens (tertiary/aromatic N) is 3. The van der Waals surface area contributed by atoms with E-state index in [0.717, 1.165) is 16.7 Å². The van der Waals surface area contributed by atoms with E-state index in [9.17, 15) is 9.59 Å². The van der Waals surface area contributed by atoms with E-state index in [-0.39, 0.29) is 18.1 Å². The Morgan fingerprint density at radius 2 is 2.04 bits per heavy atom. The molecule has 0 spiro atoms. The molecule has 140 valence electrons. The molecule has 7 nitrogen and oxygen atoms in total. The van der Waals surface area contributed by atoms with Crippen LogP contribution in [0.25, 0.3) is 28.0 Å². The number of fused-ring (bicyclic) bond motifs is 1. The van der Waals surface area contributed by atoms with Crippen LogP contribution in [0.15, 0.2) is 59.7 Å². The second kappa shape index (κ2) is 7.11. The maximum Gasteiger partial charge on any atom is 0.341 e. The second-order valence-electron chi connectivity index (χ2n) is 6.33. The second-order valence-corrected chi connectivity index (χ2v) is 6.33. The molecule has 0 saturated heterocycles. The zero-order valence-corrected chi connectivity index (χ0v) is 15.5. The Bertz CT molecular complexity index is 1240. The summed E-state index contributed by atoms with van der Waals surface area (Å²) >= 11 is 0. The Balaban J connectivity index is 1.76. The molecule has 0 amide bonds. The zero-order chi connectivity index (χ0) is 19.7. The van der Waals surface area contributed by atoms with Crippen LogP contribution in [0.3, 0.4) is 0 Å². The number of ether oxygens (including phenoxy) is 1. The van der Waals surface area contributed by atoms with Crippen LogP contribution >= 0.6 is 0 Å². The lowest BCUT2D eigenvalue weighted by Crippen LogP contribution is -2.14. The highest BCUT2D eigenvalue weighted by Gasteiger charge is 2.13. The van der Waals surface area contributed by atoms with Gasteiger partial charge in [0.2, 0.25) is 5.95 Å². The van der Waals surface area contributed by atoms with Crippen molar-refractivity contribution in [3.8, 4) is 17.1 Å². The molecular weight excluding hydrogens is 356 g/mol. The number of hydrogen-bond donors (Lipinski definition) is 1. The van der Waals surface area contributed by atoms with Gasteiger partial charge in [0.1, 0.15) is 0 Å². The highest BCUT2D eigenvalue weighted by Crippen LogP contribution is 2.25. The number of aryl methyl sites for hydroxylation is 1. The molecule has 0 fully saturated rings. The Labute approximate surface area is 160 Å². The topological polar surface area (TPSA) is 89.9 Å². The van der Waals surface area contributed by atoms with Crippen LogP contribution in [0.4, 0.5) is 0 Å². The van der Waals surface area contributed by atoms with Gasteiger partial charge in [-0.3, -0.25) is 9.78 Å². The molecule has 0 aliphatic heterocycles. The molecule has 4 aromatic rings. The first-order valence-electron chi connectivity index (χ1n) is 8.89. The number of carbonyl (C=O) groups excluding carboxylic acids is 1. The first-order valence-corrected chi connectivity index (χ1v) is 8.89. The number of aromatic amines is 1. The Morgan fingerprint density at radius 3 is 2.82 bits per heavy atom. The fourth-order valence-electron chi connectivity index (χ4n) is 3.06. The van der Waals surface area contributed by atoms with Crippen molar-refractivity contribution in [1.82, 2.24) is 19.7 Å². The Kier molecular flexibility index (Phi) is 4.49. The summed E-state index contributed by atoms with van der Waals surface area (Å²) < 4.78 is 6.30. The van der Waals surface area contributed by atoms with E-state index >= 15 is 0 Å². The van der Waals surface area contributed by atoms with Crippen molar-refractivity contribution in [3.05, 3.63) is 76.3 Å². The van der Waals surface area contributed by atoms with Crippen molar-refractivity contribution in [2.24, 2.45) is 0 Å². The van der Waals surface area contributed by atoms with Crippen LogP contribution in [0.1, 0.15) is 22.8 Å². The molecule has 0 bridgehead atoms. The van der Waals surface area contributed by atoms with Crippen LogP contribution in [0, 0.1) is 6.92 Å².